The number of aromatic nitrogens is 1. The van der Waals surface area contributed by atoms with Crippen molar-refractivity contribution in [1.29, 1.82) is 0 Å². The highest BCUT2D eigenvalue weighted by Crippen LogP contribution is 2.12. The van der Waals surface area contributed by atoms with Crippen LogP contribution < -0.4 is 0 Å². The van der Waals surface area contributed by atoms with Gasteiger partial charge in [-0.15, -0.1) is 6.42 Å². The van der Waals surface area contributed by atoms with Crippen LogP contribution in [-0.4, -0.2) is 40.0 Å². The van der Waals surface area contributed by atoms with Crippen LogP contribution in [-0.2, 0) is 4.79 Å². The van der Waals surface area contributed by atoms with E-state index in [4.69, 9.17) is 11.5 Å². The number of carbonyl (C=O) groups excluding carboxylic acids is 1. The molecule has 0 aromatic carbocycles. The SMILES string of the molecule is C#CCN(CC(=O)O)C(=O)c1cc(Br)c[nH]1. The molecule has 0 bridgehead atoms. The lowest BCUT2D eigenvalue weighted by atomic mass is 10.3. The van der Waals surface area contributed by atoms with Crippen LogP contribution in [0.5, 0.6) is 0 Å². The fourth-order valence-corrected chi connectivity index (χ4v) is 1.48. The number of rotatable bonds is 4. The lowest BCUT2D eigenvalue weighted by Crippen LogP contribution is -2.36. The average molecular weight is 285 g/mol. The van der Waals surface area contributed by atoms with E-state index < -0.39 is 18.4 Å². The number of halogens is 1. The Morgan fingerprint density at radius 3 is 2.75 bits per heavy atom. The second-order valence-corrected chi connectivity index (χ2v) is 3.91. The van der Waals surface area contributed by atoms with Gasteiger partial charge in [0.05, 0.1) is 6.54 Å². The van der Waals surface area contributed by atoms with Crippen LogP contribution >= 0.6 is 15.9 Å². The zero-order chi connectivity index (χ0) is 12.1. The number of hydrogen-bond acceptors (Lipinski definition) is 2. The first-order valence-electron chi connectivity index (χ1n) is 4.33. The first-order chi connectivity index (χ1) is 7.54. The maximum Gasteiger partial charge on any atom is 0.323 e. The van der Waals surface area contributed by atoms with Gasteiger partial charge in [0.2, 0.25) is 0 Å². The summed E-state index contributed by atoms with van der Waals surface area (Å²) in [5.41, 5.74) is 0.295. The molecule has 0 spiro atoms. The van der Waals surface area contributed by atoms with E-state index in [1.165, 1.54) is 0 Å². The summed E-state index contributed by atoms with van der Waals surface area (Å²) in [6.45, 7) is -0.457. The first kappa shape index (κ1) is 12.3. The van der Waals surface area contributed by atoms with Crippen LogP contribution in [0, 0.1) is 12.3 Å². The van der Waals surface area contributed by atoms with Crippen molar-refractivity contribution in [3.05, 3.63) is 22.4 Å². The molecule has 0 saturated heterocycles. The second-order valence-electron chi connectivity index (χ2n) is 2.99. The first-order valence-corrected chi connectivity index (χ1v) is 5.12. The van der Waals surface area contributed by atoms with Crippen molar-refractivity contribution in [2.24, 2.45) is 0 Å². The quantitative estimate of drug-likeness (QED) is 0.808. The lowest BCUT2D eigenvalue weighted by Gasteiger charge is -2.16. The lowest BCUT2D eigenvalue weighted by molar-refractivity contribution is -0.137. The Labute approximate surface area is 101 Å². The number of carboxylic acids is 1. The summed E-state index contributed by atoms with van der Waals surface area (Å²) >= 11 is 3.18. The minimum Gasteiger partial charge on any atom is -0.480 e. The number of aromatic amines is 1. The van der Waals surface area contributed by atoms with E-state index in [9.17, 15) is 9.59 Å². The van der Waals surface area contributed by atoms with Crippen molar-refractivity contribution >= 4 is 27.8 Å². The molecule has 1 amide bonds. The van der Waals surface area contributed by atoms with Gasteiger partial charge < -0.3 is 15.0 Å². The van der Waals surface area contributed by atoms with Crippen LogP contribution in [0.3, 0.4) is 0 Å². The van der Waals surface area contributed by atoms with Crippen molar-refractivity contribution < 1.29 is 14.7 Å². The maximum atomic E-state index is 11.8. The van der Waals surface area contributed by atoms with E-state index >= 15 is 0 Å². The molecule has 0 saturated carbocycles. The van der Waals surface area contributed by atoms with Gasteiger partial charge in [0, 0.05) is 10.7 Å². The molecule has 1 heterocycles. The summed E-state index contributed by atoms with van der Waals surface area (Å²) in [5, 5.41) is 8.63. The summed E-state index contributed by atoms with van der Waals surface area (Å²) < 4.78 is 0.715. The molecular formula is C10H9BrN2O3. The predicted octanol–water partition coefficient (Wildman–Crippen LogP) is 0.937. The highest BCUT2D eigenvalue weighted by molar-refractivity contribution is 9.10. The largest absolute Gasteiger partial charge is 0.480 e. The molecular weight excluding hydrogens is 276 g/mol. The standard InChI is InChI=1S/C10H9BrN2O3/c1-2-3-13(6-9(14)15)10(16)8-4-7(11)5-12-8/h1,4-5,12H,3,6H2,(H,14,15). The van der Waals surface area contributed by atoms with Crippen LogP contribution in [0.25, 0.3) is 0 Å². The van der Waals surface area contributed by atoms with Crippen LogP contribution in [0.2, 0.25) is 0 Å². The number of aliphatic carboxylic acids is 1. The minimum atomic E-state index is -1.10. The third kappa shape index (κ3) is 3.14. The van der Waals surface area contributed by atoms with Crippen LogP contribution in [0.4, 0.5) is 0 Å². The van der Waals surface area contributed by atoms with E-state index in [1.54, 1.807) is 12.3 Å². The van der Waals surface area contributed by atoms with Crippen LogP contribution in [0.15, 0.2) is 16.7 Å². The molecule has 1 rings (SSSR count). The molecule has 0 aliphatic rings. The fourth-order valence-electron chi connectivity index (χ4n) is 1.13. The van der Waals surface area contributed by atoms with Gasteiger partial charge in [-0.1, -0.05) is 5.92 Å². The number of amides is 1. The molecule has 84 valence electrons. The normalized spacial score (nSPS) is 9.50. The molecule has 6 heteroatoms. The Morgan fingerprint density at radius 2 is 2.31 bits per heavy atom. The summed E-state index contributed by atoms with van der Waals surface area (Å²) in [6, 6.07) is 1.56. The van der Waals surface area contributed by atoms with E-state index in [-0.39, 0.29) is 6.54 Å². The van der Waals surface area contributed by atoms with Crippen molar-refractivity contribution in [3.63, 3.8) is 0 Å². The van der Waals surface area contributed by atoms with Crippen LogP contribution in [0.1, 0.15) is 10.5 Å². The zero-order valence-corrected chi connectivity index (χ0v) is 9.82. The number of carboxylic acid groups (broad SMARTS) is 1. The second kappa shape index (κ2) is 5.37. The highest BCUT2D eigenvalue weighted by atomic mass is 79.9. The molecule has 0 atom stereocenters. The molecule has 16 heavy (non-hydrogen) atoms. The van der Waals surface area contributed by atoms with Gasteiger partial charge in [-0.2, -0.15) is 0 Å². The Hall–Kier alpha value is -1.74. The molecule has 1 aromatic heterocycles. The molecule has 0 aliphatic heterocycles. The average Bonchev–Trinajstić information content (AvgIpc) is 2.62. The number of carbonyl (C=O) groups is 2. The zero-order valence-electron chi connectivity index (χ0n) is 8.24. The monoisotopic (exact) mass is 284 g/mol. The van der Waals surface area contributed by atoms with Crippen molar-refractivity contribution in [1.82, 2.24) is 9.88 Å². The number of terminal acetylenes is 1. The summed E-state index contributed by atoms with van der Waals surface area (Å²) in [4.78, 5) is 26.1. The predicted molar refractivity (Wildman–Crippen MR) is 60.9 cm³/mol. The van der Waals surface area contributed by atoms with Gasteiger partial charge in [-0.05, 0) is 22.0 Å². The Bertz CT molecular complexity index is 447. The van der Waals surface area contributed by atoms with Crippen molar-refractivity contribution in [2.45, 2.75) is 0 Å². The summed E-state index contributed by atoms with van der Waals surface area (Å²) in [7, 11) is 0. The molecule has 0 aliphatic carbocycles. The molecule has 1 aromatic rings. The van der Waals surface area contributed by atoms with Gasteiger partial charge in [-0.25, -0.2) is 0 Å². The Morgan fingerprint density at radius 1 is 1.62 bits per heavy atom. The van der Waals surface area contributed by atoms with Gasteiger partial charge in [0.15, 0.2) is 0 Å². The smallest absolute Gasteiger partial charge is 0.323 e. The summed E-state index contributed by atoms with van der Waals surface area (Å²) in [5.74, 6) is 0.705. The van der Waals surface area contributed by atoms with E-state index in [0.717, 1.165) is 4.90 Å². The Balaban J connectivity index is 2.83. The minimum absolute atomic E-state index is 0.0399. The molecule has 0 unspecified atom stereocenters. The van der Waals surface area contributed by atoms with E-state index in [0.29, 0.717) is 10.2 Å². The van der Waals surface area contributed by atoms with Gasteiger partial charge >= 0.3 is 5.97 Å². The topological polar surface area (TPSA) is 73.4 Å². The number of nitrogens with one attached hydrogen (secondary N) is 1. The molecule has 5 nitrogen and oxygen atoms in total. The van der Waals surface area contributed by atoms with E-state index in [2.05, 4.69) is 26.8 Å². The highest BCUT2D eigenvalue weighted by Gasteiger charge is 2.18. The van der Waals surface area contributed by atoms with Gasteiger partial charge in [0.1, 0.15) is 12.2 Å². The summed E-state index contributed by atoms with van der Waals surface area (Å²) in [6.07, 6.45) is 6.66. The number of nitrogens with zero attached hydrogens (tertiary/aromatic N) is 1. The third-order valence-electron chi connectivity index (χ3n) is 1.77. The van der Waals surface area contributed by atoms with Gasteiger partial charge in [-0.3, -0.25) is 9.59 Å². The fraction of sp³-hybridized carbons (Fsp3) is 0.200. The molecule has 0 fully saturated rings. The molecule has 2 N–H and O–H groups in total. The van der Waals surface area contributed by atoms with Gasteiger partial charge in [0.25, 0.3) is 5.91 Å². The third-order valence-corrected chi connectivity index (χ3v) is 2.23. The van der Waals surface area contributed by atoms with E-state index in [1.807, 2.05) is 0 Å². The van der Waals surface area contributed by atoms with Crippen molar-refractivity contribution in [3.8, 4) is 12.3 Å². The maximum absolute atomic E-state index is 11.8. The number of hydrogen-bond donors (Lipinski definition) is 2. The number of H-pyrrole nitrogens is 1. The van der Waals surface area contributed by atoms with Crippen molar-refractivity contribution in [2.75, 3.05) is 13.1 Å². The molecule has 0 radical (unpaired) electrons. The Kier molecular flexibility index (Phi) is 4.14.